The van der Waals surface area contributed by atoms with Crippen LogP contribution in [0.1, 0.15) is 43.4 Å². The average Bonchev–Trinajstić information content (AvgIpc) is 3.05. The molecule has 1 aromatic carbocycles. The molecule has 1 saturated heterocycles. The largest absolute Gasteiger partial charge is 0.338 e. The Morgan fingerprint density at radius 3 is 2.68 bits per heavy atom. The fourth-order valence-electron chi connectivity index (χ4n) is 3.91. The first kappa shape index (κ1) is 18.2. The van der Waals surface area contributed by atoms with Gasteiger partial charge in [0, 0.05) is 32.7 Å². The van der Waals surface area contributed by atoms with Gasteiger partial charge in [-0.3, -0.25) is 0 Å². The minimum absolute atomic E-state index is 0.0294. The lowest BCUT2D eigenvalue weighted by Gasteiger charge is -2.33. The number of amides is 2. The molecule has 1 fully saturated rings. The van der Waals surface area contributed by atoms with Crippen LogP contribution in [0, 0.1) is 0 Å². The maximum absolute atomic E-state index is 12.1. The molecule has 138 valence electrons. The molecule has 1 aliphatic heterocycles. The second-order valence-corrected chi connectivity index (χ2v) is 7.17. The standard InChI is InChI=1S/C20H32N4O/c1-2-23-13-15-24(16-14-23)12-6-5-11-21-20(25)22-19-10-9-17-7-3-4-8-18(17)19/h3-4,7-8,19H,2,5-6,9-16H2,1H3,(H2,21,22,25). The van der Waals surface area contributed by atoms with Gasteiger partial charge in [-0.1, -0.05) is 31.2 Å². The van der Waals surface area contributed by atoms with E-state index in [1.165, 1.54) is 43.9 Å². The van der Waals surface area contributed by atoms with Crippen LogP contribution < -0.4 is 10.6 Å². The first-order valence-corrected chi connectivity index (χ1v) is 9.83. The highest BCUT2D eigenvalue weighted by molar-refractivity contribution is 5.74. The van der Waals surface area contributed by atoms with Crippen molar-refractivity contribution in [1.29, 1.82) is 0 Å². The summed E-state index contributed by atoms with van der Waals surface area (Å²) in [4.78, 5) is 17.2. The van der Waals surface area contributed by atoms with Crippen LogP contribution in [0.5, 0.6) is 0 Å². The molecule has 0 radical (unpaired) electrons. The van der Waals surface area contributed by atoms with Crippen LogP contribution in [0.25, 0.3) is 0 Å². The van der Waals surface area contributed by atoms with Gasteiger partial charge in [0.15, 0.2) is 0 Å². The number of likely N-dealkylation sites (N-methyl/N-ethyl adjacent to an activating group) is 1. The van der Waals surface area contributed by atoms with Crippen LogP contribution in [0.3, 0.4) is 0 Å². The summed E-state index contributed by atoms with van der Waals surface area (Å²) in [5.74, 6) is 0. The second-order valence-electron chi connectivity index (χ2n) is 7.17. The summed E-state index contributed by atoms with van der Waals surface area (Å²) in [7, 11) is 0. The molecule has 0 bridgehead atoms. The zero-order valence-electron chi connectivity index (χ0n) is 15.5. The lowest BCUT2D eigenvalue weighted by molar-refractivity contribution is 0.135. The van der Waals surface area contributed by atoms with Crippen molar-refractivity contribution in [3.05, 3.63) is 35.4 Å². The van der Waals surface area contributed by atoms with E-state index >= 15 is 0 Å². The highest BCUT2D eigenvalue weighted by Crippen LogP contribution is 2.30. The SMILES string of the molecule is CCN1CCN(CCCCNC(=O)NC2CCc3ccccc32)CC1. The van der Waals surface area contributed by atoms with Crippen LogP contribution in [0.4, 0.5) is 4.79 Å². The summed E-state index contributed by atoms with van der Waals surface area (Å²) in [5.41, 5.74) is 2.65. The van der Waals surface area contributed by atoms with Crippen molar-refractivity contribution >= 4 is 6.03 Å². The van der Waals surface area contributed by atoms with E-state index in [-0.39, 0.29) is 12.1 Å². The van der Waals surface area contributed by atoms with E-state index in [2.05, 4.69) is 51.6 Å². The Kier molecular flexibility index (Phi) is 6.70. The first-order chi connectivity index (χ1) is 12.3. The number of nitrogens with zero attached hydrogens (tertiary/aromatic N) is 2. The number of unbranched alkanes of at least 4 members (excludes halogenated alkanes) is 1. The summed E-state index contributed by atoms with van der Waals surface area (Å²) in [5, 5.41) is 6.14. The monoisotopic (exact) mass is 344 g/mol. The van der Waals surface area contributed by atoms with Gasteiger partial charge in [-0.25, -0.2) is 4.79 Å². The van der Waals surface area contributed by atoms with Crippen molar-refractivity contribution in [2.45, 2.75) is 38.6 Å². The third-order valence-corrected chi connectivity index (χ3v) is 5.54. The number of urea groups is 1. The van der Waals surface area contributed by atoms with E-state index in [0.717, 1.165) is 38.8 Å². The van der Waals surface area contributed by atoms with Gasteiger partial charge in [0.25, 0.3) is 0 Å². The number of aryl methyl sites for hydroxylation is 1. The van der Waals surface area contributed by atoms with Gasteiger partial charge in [-0.05, 0) is 49.9 Å². The summed E-state index contributed by atoms with van der Waals surface area (Å²) >= 11 is 0. The molecule has 2 aliphatic rings. The molecular weight excluding hydrogens is 312 g/mol. The molecule has 0 saturated carbocycles. The molecular formula is C20H32N4O. The minimum Gasteiger partial charge on any atom is -0.338 e. The Labute approximate surface area is 151 Å². The minimum atomic E-state index is -0.0294. The van der Waals surface area contributed by atoms with Gasteiger partial charge in [0.1, 0.15) is 0 Å². The number of hydrogen-bond donors (Lipinski definition) is 2. The Morgan fingerprint density at radius 2 is 1.88 bits per heavy atom. The van der Waals surface area contributed by atoms with Gasteiger partial charge in [0.2, 0.25) is 0 Å². The lowest BCUT2D eigenvalue weighted by Crippen LogP contribution is -2.46. The molecule has 3 rings (SSSR count). The number of hydrogen-bond acceptors (Lipinski definition) is 3. The van der Waals surface area contributed by atoms with Crippen LogP contribution in [-0.2, 0) is 6.42 Å². The van der Waals surface area contributed by atoms with Crippen molar-refractivity contribution in [3.8, 4) is 0 Å². The fraction of sp³-hybridized carbons (Fsp3) is 0.650. The van der Waals surface area contributed by atoms with E-state index in [0.29, 0.717) is 0 Å². The molecule has 1 atom stereocenters. The second kappa shape index (κ2) is 9.20. The molecule has 1 aliphatic carbocycles. The molecule has 2 amide bonds. The summed E-state index contributed by atoms with van der Waals surface area (Å²) in [6, 6.07) is 8.56. The number of nitrogens with one attached hydrogen (secondary N) is 2. The molecule has 5 nitrogen and oxygen atoms in total. The molecule has 1 heterocycles. The Hall–Kier alpha value is -1.59. The van der Waals surface area contributed by atoms with Crippen LogP contribution >= 0.6 is 0 Å². The van der Waals surface area contributed by atoms with Crippen LogP contribution in [-0.4, -0.2) is 61.6 Å². The third-order valence-electron chi connectivity index (χ3n) is 5.54. The smallest absolute Gasteiger partial charge is 0.315 e. The fourth-order valence-corrected chi connectivity index (χ4v) is 3.91. The van der Waals surface area contributed by atoms with E-state index in [1.54, 1.807) is 0 Å². The number of carbonyl (C=O) groups is 1. The molecule has 0 spiro atoms. The van der Waals surface area contributed by atoms with E-state index in [9.17, 15) is 4.79 Å². The summed E-state index contributed by atoms with van der Waals surface area (Å²) < 4.78 is 0. The zero-order chi connectivity index (χ0) is 17.5. The number of carbonyl (C=O) groups excluding carboxylic acids is 1. The number of piperazine rings is 1. The van der Waals surface area contributed by atoms with E-state index in [1.807, 2.05) is 0 Å². The van der Waals surface area contributed by atoms with Gasteiger partial charge in [0.05, 0.1) is 6.04 Å². The summed E-state index contributed by atoms with van der Waals surface area (Å²) in [6.45, 7) is 10.1. The Bertz CT molecular complexity index is 554. The van der Waals surface area contributed by atoms with Crippen molar-refractivity contribution in [2.24, 2.45) is 0 Å². The summed E-state index contributed by atoms with van der Waals surface area (Å²) in [6.07, 6.45) is 4.27. The van der Waals surface area contributed by atoms with Gasteiger partial charge in [-0.15, -0.1) is 0 Å². The Balaban J connectivity index is 1.27. The number of benzene rings is 1. The molecule has 25 heavy (non-hydrogen) atoms. The van der Waals surface area contributed by atoms with Crippen molar-refractivity contribution in [2.75, 3.05) is 45.8 Å². The van der Waals surface area contributed by atoms with Gasteiger partial charge in [-0.2, -0.15) is 0 Å². The quantitative estimate of drug-likeness (QED) is 0.747. The molecule has 1 aromatic rings. The highest BCUT2D eigenvalue weighted by atomic mass is 16.2. The Morgan fingerprint density at radius 1 is 1.12 bits per heavy atom. The maximum atomic E-state index is 12.1. The van der Waals surface area contributed by atoms with Crippen molar-refractivity contribution < 1.29 is 4.79 Å². The number of rotatable bonds is 7. The molecule has 0 aromatic heterocycles. The number of fused-ring (bicyclic) bond motifs is 1. The van der Waals surface area contributed by atoms with Gasteiger partial charge < -0.3 is 20.4 Å². The molecule has 1 unspecified atom stereocenters. The third kappa shape index (κ3) is 5.19. The van der Waals surface area contributed by atoms with Crippen molar-refractivity contribution in [1.82, 2.24) is 20.4 Å². The topological polar surface area (TPSA) is 47.6 Å². The molecule has 2 N–H and O–H groups in total. The lowest BCUT2D eigenvalue weighted by atomic mass is 10.1. The maximum Gasteiger partial charge on any atom is 0.315 e. The van der Waals surface area contributed by atoms with Crippen LogP contribution in [0.15, 0.2) is 24.3 Å². The highest BCUT2D eigenvalue weighted by Gasteiger charge is 2.23. The predicted octanol–water partition coefficient (Wildman–Crippen LogP) is 2.39. The predicted molar refractivity (Wildman–Crippen MR) is 102 cm³/mol. The van der Waals surface area contributed by atoms with E-state index in [4.69, 9.17) is 0 Å². The van der Waals surface area contributed by atoms with Gasteiger partial charge >= 0.3 is 6.03 Å². The van der Waals surface area contributed by atoms with Crippen molar-refractivity contribution in [3.63, 3.8) is 0 Å². The normalized spacial score (nSPS) is 21.1. The van der Waals surface area contributed by atoms with Crippen LogP contribution in [0.2, 0.25) is 0 Å². The zero-order valence-corrected chi connectivity index (χ0v) is 15.5. The first-order valence-electron chi connectivity index (χ1n) is 9.83. The average molecular weight is 345 g/mol. The molecule has 5 heteroatoms. The van der Waals surface area contributed by atoms with E-state index < -0.39 is 0 Å².